The molecule has 0 aliphatic heterocycles. The molecule has 3 aromatic rings. The van der Waals surface area contributed by atoms with E-state index in [2.05, 4.69) is 4.98 Å². The van der Waals surface area contributed by atoms with Crippen molar-refractivity contribution in [3.05, 3.63) is 66.0 Å². The van der Waals surface area contributed by atoms with Gasteiger partial charge < -0.3 is 19.1 Å². The summed E-state index contributed by atoms with van der Waals surface area (Å²) in [5.74, 6) is 1.22. The highest BCUT2D eigenvalue weighted by Gasteiger charge is 2.11. The number of hydrogen-bond acceptors (Lipinski definition) is 4. The molecule has 6 nitrogen and oxygen atoms in total. The van der Waals surface area contributed by atoms with Crippen molar-refractivity contribution in [2.75, 3.05) is 14.2 Å². The van der Waals surface area contributed by atoms with Gasteiger partial charge in [0.25, 0.3) is 0 Å². The molecule has 3 rings (SSSR count). The van der Waals surface area contributed by atoms with E-state index in [4.69, 9.17) is 14.6 Å². The molecule has 0 spiro atoms. The van der Waals surface area contributed by atoms with Gasteiger partial charge in [-0.05, 0) is 29.8 Å². The van der Waals surface area contributed by atoms with E-state index in [0.717, 1.165) is 17.0 Å². The van der Waals surface area contributed by atoms with Gasteiger partial charge in [0.05, 0.1) is 19.8 Å². The van der Waals surface area contributed by atoms with Gasteiger partial charge in [0, 0.05) is 30.6 Å². The van der Waals surface area contributed by atoms with E-state index in [1.165, 1.54) is 0 Å². The van der Waals surface area contributed by atoms with Crippen LogP contribution in [0.3, 0.4) is 0 Å². The maximum atomic E-state index is 11.0. The summed E-state index contributed by atoms with van der Waals surface area (Å²) in [5, 5.41) is 8.98. The molecule has 1 aromatic heterocycles. The number of carbonyl (C=O) groups is 1. The van der Waals surface area contributed by atoms with Gasteiger partial charge in [-0.2, -0.15) is 0 Å². The van der Waals surface area contributed by atoms with Gasteiger partial charge in [0.2, 0.25) is 0 Å². The second-order valence-electron chi connectivity index (χ2n) is 5.48. The van der Waals surface area contributed by atoms with Crippen molar-refractivity contribution in [2.24, 2.45) is 0 Å². The lowest BCUT2D eigenvalue weighted by Crippen LogP contribution is -2.02. The number of rotatable bonds is 6. The van der Waals surface area contributed by atoms with Crippen LogP contribution in [-0.4, -0.2) is 34.8 Å². The summed E-state index contributed by atoms with van der Waals surface area (Å²) in [5.41, 5.74) is 2.13. The topological polar surface area (TPSA) is 73.6 Å². The van der Waals surface area contributed by atoms with Crippen LogP contribution >= 0.6 is 0 Å². The maximum Gasteiger partial charge on any atom is 0.335 e. The molecule has 0 saturated heterocycles. The van der Waals surface area contributed by atoms with E-state index in [1.807, 2.05) is 22.9 Å². The number of aromatic nitrogens is 2. The molecule has 0 bridgehead atoms. The second-order valence-corrected chi connectivity index (χ2v) is 5.48. The zero-order chi connectivity index (χ0) is 17.8. The number of benzene rings is 2. The second kappa shape index (κ2) is 7.09. The lowest BCUT2D eigenvalue weighted by molar-refractivity contribution is 0.0697. The Morgan fingerprint density at radius 1 is 1.08 bits per heavy atom. The quantitative estimate of drug-likeness (QED) is 0.746. The molecule has 0 radical (unpaired) electrons. The van der Waals surface area contributed by atoms with Crippen LogP contribution in [0.5, 0.6) is 11.5 Å². The number of aromatic carboxylic acids is 1. The molecular weight excluding hydrogens is 320 g/mol. The minimum absolute atomic E-state index is 0.270. The number of imidazole rings is 1. The molecular formula is C19H18N2O4. The first kappa shape index (κ1) is 16.6. The molecule has 0 saturated carbocycles. The average Bonchev–Trinajstić information content (AvgIpc) is 3.09. The van der Waals surface area contributed by atoms with Crippen molar-refractivity contribution in [3.8, 4) is 22.9 Å². The van der Waals surface area contributed by atoms with Crippen LogP contribution in [0.2, 0.25) is 0 Å². The van der Waals surface area contributed by atoms with Crippen LogP contribution in [-0.2, 0) is 6.54 Å². The number of hydrogen-bond donors (Lipinski definition) is 1. The van der Waals surface area contributed by atoms with Gasteiger partial charge in [0.15, 0.2) is 0 Å². The van der Waals surface area contributed by atoms with Crippen molar-refractivity contribution >= 4 is 5.97 Å². The fraction of sp³-hybridized carbons (Fsp3) is 0.158. The monoisotopic (exact) mass is 338 g/mol. The summed E-state index contributed by atoms with van der Waals surface area (Å²) in [4.78, 5) is 15.4. The number of ether oxygens (including phenoxy) is 2. The smallest absolute Gasteiger partial charge is 0.335 e. The summed E-state index contributed by atoms with van der Waals surface area (Å²) in [6, 6.07) is 12.4. The number of carboxylic acids is 1. The van der Waals surface area contributed by atoms with Crippen LogP contribution < -0.4 is 9.47 Å². The van der Waals surface area contributed by atoms with Crippen molar-refractivity contribution in [1.82, 2.24) is 9.55 Å². The van der Waals surface area contributed by atoms with Gasteiger partial charge in [-0.1, -0.05) is 12.1 Å². The normalized spacial score (nSPS) is 10.5. The molecule has 6 heteroatoms. The van der Waals surface area contributed by atoms with Gasteiger partial charge in [-0.15, -0.1) is 0 Å². The van der Waals surface area contributed by atoms with Gasteiger partial charge >= 0.3 is 5.97 Å². The van der Waals surface area contributed by atoms with Gasteiger partial charge in [-0.25, -0.2) is 9.78 Å². The van der Waals surface area contributed by atoms with Crippen LogP contribution in [0.15, 0.2) is 54.9 Å². The van der Waals surface area contributed by atoms with E-state index >= 15 is 0 Å². The zero-order valence-electron chi connectivity index (χ0n) is 14.0. The van der Waals surface area contributed by atoms with E-state index in [0.29, 0.717) is 18.0 Å². The Balaban J connectivity index is 1.91. The Morgan fingerprint density at radius 2 is 1.72 bits per heavy atom. The molecule has 0 aliphatic carbocycles. The number of nitrogens with zero attached hydrogens (tertiary/aromatic N) is 2. The summed E-state index contributed by atoms with van der Waals surface area (Å²) in [7, 11) is 3.21. The lowest BCUT2D eigenvalue weighted by atomic mass is 10.1. The maximum absolute atomic E-state index is 11.0. The first-order valence-corrected chi connectivity index (χ1v) is 7.67. The predicted octanol–water partition coefficient (Wildman–Crippen LogP) is 3.31. The third-order valence-corrected chi connectivity index (χ3v) is 3.88. The number of methoxy groups -OCH3 is 2. The average molecular weight is 338 g/mol. The third-order valence-electron chi connectivity index (χ3n) is 3.88. The molecule has 0 fully saturated rings. The van der Waals surface area contributed by atoms with Crippen molar-refractivity contribution in [3.63, 3.8) is 0 Å². The highest BCUT2D eigenvalue weighted by atomic mass is 16.5. The highest BCUT2D eigenvalue weighted by Crippen LogP contribution is 2.29. The molecule has 2 aromatic carbocycles. The van der Waals surface area contributed by atoms with Crippen molar-refractivity contribution in [2.45, 2.75) is 6.54 Å². The molecule has 1 heterocycles. The molecule has 0 aliphatic rings. The molecule has 0 atom stereocenters. The molecule has 1 N–H and O–H groups in total. The summed E-state index contributed by atoms with van der Waals surface area (Å²) < 4.78 is 12.6. The fourth-order valence-electron chi connectivity index (χ4n) is 2.58. The largest absolute Gasteiger partial charge is 0.497 e. The molecule has 0 unspecified atom stereocenters. The van der Waals surface area contributed by atoms with Crippen LogP contribution in [0.25, 0.3) is 11.4 Å². The zero-order valence-corrected chi connectivity index (χ0v) is 14.0. The first-order chi connectivity index (χ1) is 12.1. The lowest BCUT2D eigenvalue weighted by Gasteiger charge is -2.11. The van der Waals surface area contributed by atoms with E-state index in [-0.39, 0.29) is 5.56 Å². The van der Waals surface area contributed by atoms with Crippen LogP contribution in [0.1, 0.15) is 15.9 Å². The fourth-order valence-corrected chi connectivity index (χ4v) is 2.58. The summed E-state index contributed by atoms with van der Waals surface area (Å²) in [6.07, 6.45) is 3.61. The van der Waals surface area contributed by atoms with Gasteiger partial charge in [-0.3, -0.25) is 0 Å². The van der Waals surface area contributed by atoms with Gasteiger partial charge in [0.1, 0.15) is 17.3 Å². The Kier molecular flexibility index (Phi) is 4.70. The Morgan fingerprint density at radius 3 is 2.28 bits per heavy atom. The third kappa shape index (κ3) is 3.63. The van der Waals surface area contributed by atoms with E-state index in [9.17, 15) is 4.79 Å². The minimum atomic E-state index is -0.932. The Bertz CT molecular complexity index is 862. The van der Waals surface area contributed by atoms with E-state index in [1.54, 1.807) is 50.7 Å². The molecule has 0 amide bonds. The molecule has 25 heavy (non-hydrogen) atoms. The van der Waals surface area contributed by atoms with Crippen molar-refractivity contribution < 1.29 is 19.4 Å². The molecule has 128 valence electrons. The predicted molar refractivity (Wildman–Crippen MR) is 93.3 cm³/mol. The standard InChI is InChI=1S/C19H18N2O4/c1-24-16-9-15(10-17(11-16)25-2)18-20-7-8-21(18)12-13-3-5-14(6-4-13)19(22)23/h3-11H,12H2,1-2H3,(H,22,23). The minimum Gasteiger partial charge on any atom is -0.497 e. The first-order valence-electron chi connectivity index (χ1n) is 7.67. The van der Waals surface area contributed by atoms with Crippen molar-refractivity contribution in [1.29, 1.82) is 0 Å². The van der Waals surface area contributed by atoms with Crippen LogP contribution in [0, 0.1) is 0 Å². The van der Waals surface area contributed by atoms with E-state index < -0.39 is 5.97 Å². The highest BCUT2D eigenvalue weighted by molar-refractivity contribution is 5.87. The number of carboxylic acid groups (broad SMARTS) is 1. The Labute approximate surface area is 145 Å². The summed E-state index contributed by atoms with van der Waals surface area (Å²) >= 11 is 0. The summed E-state index contributed by atoms with van der Waals surface area (Å²) in [6.45, 7) is 0.578. The van der Waals surface area contributed by atoms with Crippen LogP contribution in [0.4, 0.5) is 0 Å². The SMILES string of the molecule is COc1cc(OC)cc(-c2nccn2Cc2ccc(C(=O)O)cc2)c1. The Hall–Kier alpha value is -3.28.